The number of hydrogen-bond acceptors (Lipinski definition) is 5. The maximum absolute atomic E-state index is 11.9. The molecule has 0 N–H and O–H groups in total. The molecule has 6 nitrogen and oxygen atoms in total. The Bertz CT molecular complexity index is 871. The zero-order chi connectivity index (χ0) is 16.4. The van der Waals surface area contributed by atoms with E-state index in [1.165, 1.54) is 0 Å². The van der Waals surface area contributed by atoms with E-state index in [0.717, 1.165) is 11.3 Å². The van der Waals surface area contributed by atoms with E-state index < -0.39 is 0 Å². The summed E-state index contributed by atoms with van der Waals surface area (Å²) in [5, 5.41) is 4.39. The summed E-state index contributed by atoms with van der Waals surface area (Å²) in [4.78, 5) is 16.1. The van der Waals surface area contributed by atoms with Crippen LogP contribution >= 0.6 is 0 Å². The fraction of sp³-hybridized carbons (Fsp3) is 0.235. The molecule has 0 saturated carbocycles. The standard InChI is InChI=1S/C17H17N3O3/c1-4-14(21)12-10-17-18-8-7-13(20(17)19-12)11-5-6-15(22-2)16(9-11)23-3/h5-10H,4H2,1-3H3. The van der Waals surface area contributed by atoms with Gasteiger partial charge in [0.05, 0.1) is 19.9 Å². The number of Topliss-reactive ketones (excluding diaryl/α,β-unsaturated/α-hetero) is 1. The lowest BCUT2D eigenvalue weighted by molar-refractivity contribution is 0.0983. The molecule has 2 heterocycles. The van der Waals surface area contributed by atoms with E-state index in [9.17, 15) is 4.79 Å². The Morgan fingerprint density at radius 2 is 1.91 bits per heavy atom. The van der Waals surface area contributed by atoms with E-state index in [2.05, 4.69) is 10.1 Å². The normalized spacial score (nSPS) is 10.7. The van der Waals surface area contributed by atoms with Gasteiger partial charge in [-0.25, -0.2) is 9.50 Å². The van der Waals surface area contributed by atoms with Crippen molar-refractivity contribution in [2.24, 2.45) is 0 Å². The number of carbonyl (C=O) groups is 1. The molecule has 0 aliphatic heterocycles. The molecular weight excluding hydrogens is 294 g/mol. The van der Waals surface area contributed by atoms with Crippen LogP contribution in [0.5, 0.6) is 11.5 Å². The number of rotatable bonds is 5. The molecule has 1 aromatic carbocycles. The van der Waals surface area contributed by atoms with E-state index in [4.69, 9.17) is 9.47 Å². The van der Waals surface area contributed by atoms with Crippen molar-refractivity contribution in [2.45, 2.75) is 13.3 Å². The lowest BCUT2D eigenvalue weighted by Gasteiger charge is -2.10. The first-order valence-corrected chi connectivity index (χ1v) is 7.28. The van der Waals surface area contributed by atoms with Crippen LogP contribution in [-0.2, 0) is 0 Å². The number of methoxy groups -OCH3 is 2. The summed E-state index contributed by atoms with van der Waals surface area (Å²) in [6.07, 6.45) is 2.11. The molecule has 0 saturated heterocycles. The molecule has 6 heteroatoms. The molecular formula is C17H17N3O3. The highest BCUT2D eigenvalue weighted by Crippen LogP contribution is 2.32. The largest absolute Gasteiger partial charge is 0.493 e. The number of hydrogen-bond donors (Lipinski definition) is 0. The molecule has 23 heavy (non-hydrogen) atoms. The highest BCUT2D eigenvalue weighted by atomic mass is 16.5. The van der Waals surface area contributed by atoms with E-state index in [0.29, 0.717) is 29.3 Å². The monoisotopic (exact) mass is 311 g/mol. The predicted octanol–water partition coefficient (Wildman–Crippen LogP) is 3.01. The third-order valence-corrected chi connectivity index (χ3v) is 3.64. The van der Waals surface area contributed by atoms with Crippen LogP contribution in [0, 0.1) is 0 Å². The second kappa shape index (κ2) is 6.08. The SMILES string of the molecule is CCC(=O)c1cc2nccc(-c3ccc(OC)c(OC)c3)n2n1. The van der Waals surface area contributed by atoms with Gasteiger partial charge in [0.15, 0.2) is 22.9 Å². The summed E-state index contributed by atoms with van der Waals surface area (Å²) >= 11 is 0. The topological polar surface area (TPSA) is 65.7 Å². The first-order valence-electron chi connectivity index (χ1n) is 7.28. The van der Waals surface area contributed by atoms with Crippen LogP contribution in [-0.4, -0.2) is 34.6 Å². The predicted molar refractivity (Wildman–Crippen MR) is 86.1 cm³/mol. The minimum absolute atomic E-state index is 0.00578. The number of carbonyl (C=O) groups excluding carboxylic acids is 1. The highest BCUT2D eigenvalue weighted by Gasteiger charge is 2.14. The minimum atomic E-state index is -0.00578. The summed E-state index contributed by atoms with van der Waals surface area (Å²) in [5.74, 6) is 1.28. The highest BCUT2D eigenvalue weighted by molar-refractivity contribution is 5.95. The fourth-order valence-electron chi connectivity index (χ4n) is 2.43. The molecule has 0 unspecified atom stereocenters. The van der Waals surface area contributed by atoms with Crippen molar-refractivity contribution in [1.29, 1.82) is 0 Å². The zero-order valence-electron chi connectivity index (χ0n) is 13.2. The average Bonchev–Trinajstić information content (AvgIpc) is 3.04. The summed E-state index contributed by atoms with van der Waals surface area (Å²) in [6, 6.07) is 9.18. The van der Waals surface area contributed by atoms with Crippen molar-refractivity contribution in [1.82, 2.24) is 14.6 Å². The molecule has 0 radical (unpaired) electrons. The minimum Gasteiger partial charge on any atom is -0.493 e. The number of ketones is 1. The second-order valence-corrected chi connectivity index (χ2v) is 4.98. The van der Waals surface area contributed by atoms with Crippen LogP contribution in [0.1, 0.15) is 23.8 Å². The van der Waals surface area contributed by atoms with E-state index in [1.54, 1.807) is 31.0 Å². The fourth-order valence-corrected chi connectivity index (χ4v) is 2.43. The molecule has 0 aliphatic carbocycles. The van der Waals surface area contributed by atoms with Crippen molar-refractivity contribution in [3.05, 3.63) is 42.2 Å². The number of aromatic nitrogens is 3. The van der Waals surface area contributed by atoms with Gasteiger partial charge in [0.2, 0.25) is 0 Å². The van der Waals surface area contributed by atoms with Gasteiger partial charge in [0.25, 0.3) is 0 Å². The van der Waals surface area contributed by atoms with Gasteiger partial charge in [-0.15, -0.1) is 0 Å². The first kappa shape index (κ1) is 15.0. The zero-order valence-corrected chi connectivity index (χ0v) is 13.2. The van der Waals surface area contributed by atoms with Crippen molar-refractivity contribution in [3.63, 3.8) is 0 Å². The smallest absolute Gasteiger partial charge is 0.182 e. The van der Waals surface area contributed by atoms with Gasteiger partial charge in [-0.1, -0.05) is 6.92 Å². The number of ether oxygens (including phenoxy) is 2. The third-order valence-electron chi connectivity index (χ3n) is 3.64. The Morgan fingerprint density at radius 1 is 1.13 bits per heavy atom. The van der Waals surface area contributed by atoms with Gasteiger partial charge in [-0.3, -0.25) is 4.79 Å². The Hall–Kier alpha value is -2.89. The van der Waals surface area contributed by atoms with Gasteiger partial charge in [-0.05, 0) is 24.3 Å². The van der Waals surface area contributed by atoms with Gasteiger partial charge < -0.3 is 9.47 Å². The second-order valence-electron chi connectivity index (χ2n) is 4.98. The maximum atomic E-state index is 11.9. The first-order chi connectivity index (χ1) is 11.2. The van der Waals surface area contributed by atoms with Crippen LogP contribution in [0.4, 0.5) is 0 Å². The van der Waals surface area contributed by atoms with Crippen molar-refractivity contribution in [2.75, 3.05) is 14.2 Å². The van der Waals surface area contributed by atoms with Gasteiger partial charge >= 0.3 is 0 Å². The average molecular weight is 311 g/mol. The van der Waals surface area contributed by atoms with E-state index in [-0.39, 0.29) is 5.78 Å². The molecule has 0 spiro atoms. The Morgan fingerprint density at radius 3 is 2.61 bits per heavy atom. The Kier molecular flexibility index (Phi) is 3.97. The van der Waals surface area contributed by atoms with Gasteiger partial charge in [-0.2, -0.15) is 5.10 Å². The lowest BCUT2D eigenvalue weighted by atomic mass is 10.1. The Balaban J connectivity index is 2.16. The molecule has 0 aliphatic rings. The molecule has 3 aromatic rings. The molecule has 118 valence electrons. The summed E-state index contributed by atoms with van der Waals surface area (Å²) in [5.41, 5.74) is 2.78. The van der Waals surface area contributed by atoms with Crippen molar-refractivity contribution >= 4 is 11.4 Å². The van der Waals surface area contributed by atoms with Crippen LogP contribution in [0.25, 0.3) is 16.9 Å². The molecule has 2 aromatic heterocycles. The van der Waals surface area contributed by atoms with Crippen LogP contribution in [0.3, 0.4) is 0 Å². The maximum Gasteiger partial charge on any atom is 0.182 e. The van der Waals surface area contributed by atoms with Crippen LogP contribution < -0.4 is 9.47 Å². The summed E-state index contributed by atoms with van der Waals surface area (Å²) < 4.78 is 12.3. The lowest BCUT2D eigenvalue weighted by Crippen LogP contribution is -2.00. The summed E-state index contributed by atoms with van der Waals surface area (Å²) in [6.45, 7) is 1.81. The molecule has 3 rings (SSSR count). The quantitative estimate of drug-likeness (QED) is 0.678. The summed E-state index contributed by atoms with van der Waals surface area (Å²) in [7, 11) is 3.19. The molecule has 0 amide bonds. The van der Waals surface area contributed by atoms with Gasteiger partial charge in [0, 0.05) is 24.2 Å². The van der Waals surface area contributed by atoms with Crippen molar-refractivity contribution < 1.29 is 14.3 Å². The van der Waals surface area contributed by atoms with Crippen LogP contribution in [0.15, 0.2) is 36.5 Å². The van der Waals surface area contributed by atoms with Crippen molar-refractivity contribution in [3.8, 4) is 22.8 Å². The molecule has 0 fully saturated rings. The van der Waals surface area contributed by atoms with Gasteiger partial charge in [0.1, 0.15) is 5.69 Å². The number of benzene rings is 1. The Labute approximate surface area is 133 Å². The van der Waals surface area contributed by atoms with E-state index >= 15 is 0 Å². The molecule has 0 bridgehead atoms. The third kappa shape index (κ3) is 2.63. The van der Waals surface area contributed by atoms with Crippen LogP contribution in [0.2, 0.25) is 0 Å². The van der Waals surface area contributed by atoms with E-state index in [1.807, 2.05) is 31.2 Å². The number of nitrogens with zero attached hydrogens (tertiary/aromatic N) is 3. The molecule has 0 atom stereocenters. The number of fused-ring (bicyclic) bond motifs is 1.